The van der Waals surface area contributed by atoms with Crippen LogP contribution in [0.15, 0.2) is 16.6 Å². The first-order chi connectivity index (χ1) is 5.29. The largest absolute Gasteiger partial charge is 0.372 e. The van der Waals surface area contributed by atoms with Crippen molar-refractivity contribution >= 4 is 38.5 Å². The van der Waals surface area contributed by atoms with Gasteiger partial charge in [0.05, 0.1) is 13.2 Å². The van der Waals surface area contributed by atoms with Gasteiger partial charge in [0.15, 0.2) is 0 Å². The van der Waals surface area contributed by atoms with Crippen LogP contribution in [-0.4, -0.2) is 0 Å². The summed E-state index contributed by atoms with van der Waals surface area (Å²) in [5, 5.41) is 0. The first-order valence-corrected chi connectivity index (χ1v) is 5.19. The van der Waals surface area contributed by atoms with Crippen LogP contribution >= 0.6 is 38.5 Å². The standard InChI is InChI=1S/C8H6BrIO/c9-7-2-1-5-3-11-4-6(5)8(7)10/h1-2H,3-4H2. The summed E-state index contributed by atoms with van der Waals surface area (Å²) in [7, 11) is 0. The van der Waals surface area contributed by atoms with Crippen LogP contribution in [0.25, 0.3) is 0 Å². The molecule has 1 aliphatic rings. The molecule has 1 nitrogen and oxygen atoms in total. The Morgan fingerprint density at radius 3 is 3.00 bits per heavy atom. The van der Waals surface area contributed by atoms with Gasteiger partial charge in [0.25, 0.3) is 0 Å². The van der Waals surface area contributed by atoms with Gasteiger partial charge >= 0.3 is 0 Å². The quantitative estimate of drug-likeness (QED) is 0.666. The monoisotopic (exact) mass is 324 g/mol. The fraction of sp³-hybridized carbons (Fsp3) is 0.250. The maximum Gasteiger partial charge on any atom is 0.0735 e. The van der Waals surface area contributed by atoms with Gasteiger partial charge in [-0.25, -0.2) is 0 Å². The maximum atomic E-state index is 5.33. The van der Waals surface area contributed by atoms with Crippen molar-refractivity contribution in [2.45, 2.75) is 13.2 Å². The van der Waals surface area contributed by atoms with Gasteiger partial charge in [-0.15, -0.1) is 0 Å². The van der Waals surface area contributed by atoms with E-state index in [0.717, 1.165) is 13.2 Å². The van der Waals surface area contributed by atoms with E-state index in [0.29, 0.717) is 0 Å². The zero-order valence-electron chi connectivity index (χ0n) is 5.73. The maximum absolute atomic E-state index is 5.33. The van der Waals surface area contributed by atoms with Gasteiger partial charge < -0.3 is 4.74 Å². The second kappa shape index (κ2) is 3.03. The van der Waals surface area contributed by atoms with Crippen molar-refractivity contribution in [3.05, 3.63) is 31.3 Å². The molecule has 1 aliphatic heterocycles. The van der Waals surface area contributed by atoms with E-state index in [9.17, 15) is 0 Å². The SMILES string of the molecule is Brc1ccc2c(c1I)COC2. The summed E-state index contributed by atoms with van der Waals surface area (Å²) in [4.78, 5) is 0. The summed E-state index contributed by atoms with van der Waals surface area (Å²) in [6.45, 7) is 1.55. The first kappa shape index (κ1) is 8.01. The Labute approximate surface area is 87.4 Å². The number of ether oxygens (including phenoxy) is 1. The average Bonchev–Trinajstić information content (AvgIpc) is 2.45. The molecule has 0 bridgehead atoms. The predicted molar refractivity (Wildman–Crippen MR) is 55.4 cm³/mol. The van der Waals surface area contributed by atoms with E-state index >= 15 is 0 Å². The molecule has 3 heteroatoms. The van der Waals surface area contributed by atoms with Gasteiger partial charge in [-0.05, 0) is 55.7 Å². The second-order valence-corrected chi connectivity index (χ2v) is 4.42. The highest BCUT2D eigenvalue weighted by Gasteiger charge is 2.15. The number of hydrogen-bond donors (Lipinski definition) is 0. The van der Waals surface area contributed by atoms with Gasteiger partial charge in [-0.3, -0.25) is 0 Å². The number of fused-ring (bicyclic) bond motifs is 1. The summed E-state index contributed by atoms with van der Waals surface area (Å²) < 4.78 is 7.78. The van der Waals surface area contributed by atoms with Crippen molar-refractivity contribution in [1.82, 2.24) is 0 Å². The Morgan fingerprint density at radius 1 is 1.36 bits per heavy atom. The smallest absolute Gasteiger partial charge is 0.0735 e. The third-order valence-electron chi connectivity index (χ3n) is 1.80. The molecule has 0 unspecified atom stereocenters. The third kappa shape index (κ3) is 1.34. The molecule has 1 aromatic carbocycles. The molecule has 58 valence electrons. The normalized spacial score (nSPS) is 15.1. The minimum Gasteiger partial charge on any atom is -0.372 e. The molecule has 0 fully saturated rings. The van der Waals surface area contributed by atoms with Gasteiger partial charge in [-0.1, -0.05) is 6.07 Å². The zero-order valence-corrected chi connectivity index (χ0v) is 9.48. The van der Waals surface area contributed by atoms with Crippen LogP contribution in [0.2, 0.25) is 0 Å². The summed E-state index contributed by atoms with van der Waals surface area (Å²) in [5.74, 6) is 0. The Bertz CT molecular complexity index is 298. The molecule has 2 rings (SSSR count). The van der Waals surface area contributed by atoms with Crippen LogP contribution in [0.4, 0.5) is 0 Å². The van der Waals surface area contributed by atoms with Crippen LogP contribution in [0.1, 0.15) is 11.1 Å². The molecular weight excluding hydrogens is 319 g/mol. The lowest BCUT2D eigenvalue weighted by atomic mass is 10.1. The number of halogens is 2. The van der Waals surface area contributed by atoms with E-state index in [1.165, 1.54) is 19.2 Å². The van der Waals surface area contributed by atoms with Crippen LogP contribution in [0.3, 0.4) is 0 Å². The molecule has 0 saturated carbocycles. The molecule has 0 aliphatic carbocycles. The highest BCUT2D eigenvalue weighted by molar-refractivity contribution is 14.1. The van der Waals surface area contributed by atoms with E-state index in [2.05, 4.69) is 50.7 Å². The van der Waals surface area contributed by atoms with Crippen LogP contribution in [0.5, 0.6) is 0 Å². The van der Waals surface area contributed by atoms with Gasteiger partial charge in [-0.2, -0.15) is 0 Å². The lowest BCUT2D eigenvalue weighted by Crippen LogP contribution is -1.87. The van der Waals surface area contributed by atoms with E-state index in [1.807, 2.05) is 0 Å². The molecule has 0 N–H and O–H groups in total. The van der Waals surface area contributed by atoms with Crippen molar-refractivity contribution in [3.63, 3.8) is 0 Å². The molecule has 0 spiro atoms. The summed E-state index contributed by atoms with van der Waals surface area (Å²) in [6.07, 6.45) is 0. The fourth-order valence-electron chi connectivity index (χ4n) is 1.19. The van der Waals surface area contributed by atoms with E-state index in [1.54, 1.807) is 0 Å². The van der Waals surface area contributed by atoms with Crippen LogP contribution in [-0.2, 0) is 18.0 Å². The van der Waals surface area contributed by atoms with Gasteiger partial charge in [0.2, 0.25) is 0 Å². The molecule has 0 aromatic heterocycles. The van der Waals surface area contributed by atoms with Crippen LogP contribution in [0, 0.1) is 3.57 Å². The van der Waals surface area contributed by atoms with Crippen molar-refractivity contribution in [3.8, 4) is 0 Å². The summed E-state index contributed by atoms with van der Waals surface area (Å²) in [5.41, 5.74) is 2.68. The lowest BCUT2D eigenvalue weighted by molar-refractivity contribution is 0.134. The van der Waals surface area contributed by atoms with Gasteiger partial charge in [0.1, 0.15) is 0 Å². The van der Waals surface area contributed by atoms with Crippen molar-refractivity contribution < 1.29 is 4.74 Å². The number of benzene rings is 1. The highest BCUT2D eigenvalue weighted by atomic mass is 127. The topological polar surface area (TPSA) is 9.23 Å². The second-order valence-electron chi connectivity index (χ2n) is 2.49. The lowest BCUT2D eigenvalue weighted by Gasteiger charge is -2.01. The van der Waals surface area contributed by atoms with E-state index in [4.69, 9.17) is 4.74 Å². The Hall–Kier alpha value is 0.390. The van der Waals surface area contributed by atoms with E-state index in [-0.39, 0.29) is 0 Å². The van der Waals surface area contributed by atoms with Crippen LogP contribution < -0.4 is 0 Å². The molecule has 0 radical (unpaired) electrons. The summed E-state index contributed by atoms with van der Waals surface area (Å²) in [6, 6.07) is 4.20. The average molecular weight is 325 g/mol. The predicted octanol–water partition coefficient (Wildman–Crippen LogP) is 3.08. The molecule has 0 atom stereocenters. The van der Waals surface area contributed by atoms with E-state index < -0.39 is 0 Å². The van der Waals surface area contributed by atoms with Gasteiger partial charge in [0, 0.05) is 8.04 Å². The van der Waals surface area contributed by atoms with Crippen molar-refractivity contribution in [2.75, 3.05) is 0 Å². The van der Waals surface area contributed by atoms with Crippen molar-refractivity contribution in [2.24, 2.45) is 0 Å². The highest BCUT2D eigenvalue weighted by Crippen LogP contribution is 2.30. The molecule has 1 aromatic rings. The Balaban J connectivity index is 2.62. The Kier molecular flexibility index (Phi) is 2.21. The molecule has 11 heavy (non-hydrogen) atoms. The Morgan fingerprint density at radius 2 is 2.18 bits per heavy atom. The number of hydrogen-bond acceptors (Lipinski definition) is 1. The minimum absolute atomic E-state index is 0.771. The fourth-order valence-corrected chi connectivity index (χ4v) is 2.24. The molecule has 0 saturated heterocycles. The minimum atomic E-state index is 0.771. The van der Waals surface area contributed by atoms with Crippen molar-refractivity contribution in [1.29, 1.82) is 0 Å². The first-order valence-electron chi connectivity index (χ1n) is 3.32. The molecule has 0 amide bonds. The summed E-state index contributed by atoms with van der Waals surface area (Å²) >= 11 is 5.83. The molecular formula is C8H6BrIO. The third-order valence-corrected chi connectivity index (χ3v) is 4.43. The number of rotatable bonds is 0. The molecule has 1 heterocycles. The zero-order chi connectivity index (χ0) is 7.84.